The molecule has 0 aliphatic rings. The summed E-state index contributed by atoms with van der Waals surface area (Å²) in [5.74, 6) is -2.54. The summed E-state index contributed by atoms with van der Waals surface area (Å²) in [5, 5.41) is 9.15. The summed E-state index contributed by atoms with van der Waals surface area (Å²) in [6, 6.07) is 8.64. The van der Waals surface area contributed by atoms with E-state index in [0.29, 0.717) is 0 Å². The van der Waals surface area contributed by atoms with Gasteiger partial charge in [-0.05, 0) is 35.9 Å². The summed E-state index contributed by atoms with van der Waals surface area (Å²) in [6.45, 7) is 0. The van der Waals surface area contributed by atoms with E-state index in [4.69, 9.17) is 16.7 Å². The third-order valence-electron chi connectivity index (χ3n) is 2.81. The van der Waals surface area contributed by atoms with Crippen LogP contribution in [-0.2, 0) is 15.6 Å². The molecule has 0 aliphatic heterocycles. The topological polar surface area (TPSA) is 71.4 Å². The van der Waals surface area contributed by atoms with Gasteiger partial charge in [-0.25, -0.2) is 17.6 Å². The van der Waals surface area contributed by atoms with E-state index in [-0.39, 0.29) is 21.0 Å². The molecule has 0 radical (unpaired) electrons. The second kappa shape index (κ2) is 5.83. The predicted octanol–water partition coefficient (Wildman–Crippen LogP) is 3.15. The molecule has 21 heavy (non-hydrogen) atoms. The fraction of sp³-hybridized carbons (Fsp3) is 0.0714. The van der Waals surface area contributed by atoms with Crippen molar-refractivity contribution in [3.63, 3.8) is 0 Å². The zero-order chi connectivity index (χ0) is 15.6. The Hall–Kier alpha value is -1.92. The van der Waals surface area contributed by atoms with E-state index >= 15 is 0 Å². The van der Waals surface area contributed by atoms with Gasteiger partial charge in [0.1, 0.15) is 5.82 Å². The van der Waals surface area contributed by atoms with Crippen molar-refractivity contribution in [2.24, 2.45) is 0 Å². The van der Waals surface area contributed by atoms with Crippen LogP contribution in [0.25, 0.3) is 0 Å². The minimum atomic E-state index is -3.96. The lowest BCUT2D eigenvalue weighted by Crippen LogP contribution is -2.11. The van der Waals surface area contributed by atoms with Gasteiger partial charge < -0.3 is 5.11 Å². The van der Waals surface area contributed by atoms with Gasteiger partial charge in [0.2, 0.25) is 0 Å². The van der Waals surface area contributed by atoms with Crippen LogP contribution >= 0.6 is 11.6 Å². The van der Waals surface area contributed by atoms with Crippen molar-refractivity contribution in [1.29, 1.82) is 0 Å². The molecular weight excluding hydrogens is 319 g/mol. The number of hydrogen-bond acceptors (Lipinski definition) is 3. The van der Waals surface area contributed by atoms with Gasteiger partial charge in [-0.3, -0.25) is 0 Å². The Morgan fingerprint density at radius 3 is 2.52 bits per heavy atom. The first-order valence-electron chi connectivity index (χ1n) is 5.80. The van der Waals surface area contributed by atoms with Crippen molar-refractivity contribution < 1.29 is 22.7 Å². The third-order valence-corrected chi connectivity index (χ3v) is 4.89. The number of carboxylic acids is 1. The number of sulfone groups is 1. The van der Waals surface area contributed by atoms with Crippen LogP contribution in [0.4, 0.5) is 4.39 Å². The standard InChI is InChI=1S/C14H10ClFO4S/c15-12-6-5-10(16)7-9(12)8-21(19,20)13-4-2-1-3-11(13)14(17)18/h1-7H,8H2,(H,17,18). The Morgan fingerprint density at radius 2 is 1.86 bits per heavy atom. The molecule has 0 atom stereocenters. The van der Waals surface area contributed by atoms with Gasteiger partial charge in [0.05, 0.1) is 16.2 Å². The van der Waals surface area contributed by atoms with E-state index in [1.807, 2.05) is 0 Å². The van der Waals surface area contributed by atoms with Crippen molar-refractivity contribution in [3.8, 4) is 0 Å². The lowest BCUT2D eigenvalue weighted by Gasteiger charge is -2.09. The molecule has 0 spiro atoms. The van der Waals surface area contributed by atoms with E-state index in [2.05, 4.69) is 0 Å². The zero-order valence-electron chi connectivity index (χ0n) is 10.6. The van der Waals surface area contributed by atoms with Gasteiger partial charge in [0.25, 0.3) is 0 Å². The number of rotatable bonds is 4. The van der Waals surface area contributed by atoms with Crippen LogP contribution in [0.15, 0.2) is 47.4 Å². The summed E-state index contributed by atoms with van der Waals surface area (Å²) in [4.78, 5) is 10.8. The predicted molar refractivity (Wildman–Crippen MR) is 75.7 cm³/mol. The summed E-state index contributed by atoms with van der Waals surface area (Å²) < 4.78 is 37.9. The molecule has 2 aromatic carbocycles. The highest BCUT2D eigenvalue weighted by atomic mass is 35.5. The molecule has 0 aliphatic carbocycles. The average molecular weight is 329 g/mol. The Bertz CT molecular complexity index is 802. The third kappa shape index (κ3) is 3.40. The van der Waals surface area contributed by atoms with Crippen molar-refractivity contribution in [2.45, 2.75) is 10.6 Å². The molecule has 0 saturated carbocycles. The monoisotopic (exact) mass is 328 g/mol. The molecule has 0 unspecified atom stereocenters. The van der Waals surface area contributed by atoms with Crippen molar-refractivity contribution >= 4 is 27.4 Å². The number of aromatic carboxylic acids is 1. The van der Waals surface area contributed by atoms with Gasteiger partial charge in [-0.1, -0.05) is 23.7 Å². The maximum atomic E-state index is 13.2. The van der Waals surface area contributed by atoms with Crippen LogP contribution in [-0.4, -0.2) is 19.5 Å². The van der Waals surface area contributed by atoms with Crippen LogP contribution in [0.1, 0.15) is 15.9 Å². The van der Waals surface area contributed by atoms with Gasteiger partial charge in [0.15, 0.2) is 9.84 Å². The highest BCUT2D eigenvalue weighted by Crippen LogP contribution is 2.25. The molecule has 2 rings (SSSR count). The fourth-order valence-electron chi connectivity index (χ4n) is 1.85. The molecule has 7 heteroatoms. The second-order valence-corrected chi connectivity index (χ2v) is 6.66. The maximum Gasteiger partial charge on any atom is 0.337 e. The Morgan fingerprint density at radius 1 is 1.19 bits per heavy atom. The smallest absolute Gasteiger partial charge is 0.337 e. The molecule has 0 saturated heterocycles. The molecule has 1 N–H and O–H groups in total. The molecule has 0 amide bonds. The van der Waals surface area contributed by atoms with E-state index in [0.717, 1.165) is 12.1 Å². The minimum absolute atomic E-state index is 0.0804. The molecule has 2 aromatic rings. The SMILES string of the molecule is O=C(O)c1ccccc1S(=O)(=O)Cc1cc(F)ccc1Cl. The first-order chi connectivity index (χ1) is 9.81. The lowest BCUT2D eigenvalue weighted by molar-refractivity contribution is 0.0692. The van der Waals surface area contributed by atoms with E-state index in [1.54, 1.807) is 0 Å². The first kappa shape index (κ1) is 15.5. The number of halogens is 2. The average Bonchev–Trinajstić information content (AvgIpc) is 2.42. The van der Waals surface area contributed by atoms with E-state index in [9.17, 15) is 17.6 Å². The number of carbonyl (C=O) groups is 1. The van der Waals surface area contributed by atoms with Gasteiger partial charge in [-0.15, -0.1) is 0 Å². The van der Waals surface area contributed by atoms with Crippen LogP contribution in [0.3, 0.4) is 0 Å². The number of hydrogen-bond donors (Lipinski definition) is 1. The highest BCUT2D eigenvalue weighted by Gasteiger charge is 2.23. The van der Waals surface area contributed by atoms with Gasteiger partial charge >= 0.3 is 5.97 Å². The summed E-state index contributed by atoms with van der Waals surface area (Å²) >= 11 is 5.84. The summed E-state index contributed by atoms with van der Waals surface area (Å²) in [7, 11) is -3.96. The van der Waals surface area contributed by atoms with Crippen LogP contribution in [0.5, 0.6) is 0 Å². The largest absolute Gasteiger partial charge is 0.478 e. The molecule has 0 aromatic heterocycles. The van der Waals surface area contributed by atoms with Crippen LogP contribution < -0.4 is 0 Å². The molecule has 0 heterocycles. The Kier molecular flexibility index (Phi) is 4.29. The van der Waals surface area contributed by atoms with Crippen LogP contribution in [0.2, 0.25) is 5.02 Å². The van der Waals surface area contributed by atoms with Crippen molar-refractivity contribution in [3.05, 3.63) is 64.4 Å². The molecule has 0 bridgehead atoms. The minimum Gasteiger partial charge on any atom is -0.478 e. The molecular formula is C14H10ClFO4S. The van der Waals surface area contributed by atoms with E-state index < -0.39 is 27.4 Å². The second-order valence-electron chi connectivity index (χ2n) is 4.30. The molecule has 0 fully saturated rings. The van der Waals surface area contributed by atoms with Crippen LogP contribution in [0, 0.1) is 5.82 Å². The van der Waals surface area contributed by atoms with Crippen molar-refractivity contribution in [1.82, 2.24) is 0 Å². The highest BCUT2D eigenvalue weighted by molar-refractivity contribution is 7.90. The quantitative estimate of drug-likeness (QED) is 0.935. The molecule has 110 valence electrons. The van der Waals surface area contributed by atoms with Gasteiger partial charge in [-0.2, -0.15) is 0 Å². The normalized spacial score (nSPS) is 11.3. The van der Waals surface area contributed by atoms with E-state index in [1.165, 1.54) is 30.3 Å². The summed E-state index contributed by atoms with van der Waals surface area (Å²) in [5.41, 5.74) is -0.248. The molecule has 4 nitrogen and oxygen atoms in total. The van der Waals surface area contributed by atoms with Gasteiger partial charge in [0, 0.05) is 5.02 Å². The Balaban J connectivity index is 2.49. The zero-order valence-corrected chi connectivity index (χ0v) is 12.2. The lowest BCUT2D eigenvalue weighted by atomic mass is 10.2. The fourth-order valence-corrected chi connectivity index (χ4v) is 3.69. The number of carboxylic acid groups (broad SMARTS) is 1. The number of benzene rings is 2. The Labute approximate surface area is 125 Å². The summed E-state index contributed by atoms with van der Waals surface area (Å²) in [6.07, 6.45) is 0. The maximum absolute atomic E-state index is 13.2. The van der Waals surface area contributed by atoms with Crippen molar-refractivity contribution in [2.75, 3.05) is 0 Å². The first-order valence-corrected chi connectivity index (χ1v) is 7.83.